The molecule has 0 aromatic heterocycles. The van der Waals surface area contributed by atoms with E-state index in [0.717, 1.165) is 67.6 Å². The van der Waals surface area contributed by atoms with Crippen molar-refractivity contribution < 1.29 is 19.0 Å². The summed E-state index contributed by atoms with van der Waals surface area (Å²) in [6, 6.07) is 5.82. The van der Waals surface area contributed by atoms with Gasteiger partial charge in [0.15, 0.2) is 5.78 Å². The molecule has 0 radical (unpaired) electrons. The normalized spacial score (nSPS) is 27.5. The van der Waals surface area contributed by atoms with Crippen LogP contribution in [0, 0.1) is 12.8 Å². The molecule has 0 amide bonds. The number of ketones is 1. The van der Waals surface area contributed by atoms with Gasteiger partial charge in [-0.05, 0) is 95.6 Å². The topological polar surface area (TPSA) is 44.8 Å². The zero-order chi connectivity index (χ0) is 25.4. The molecule has 1 heterocycles. The molecule has 2 aliphatic rings. The van der Waals surface area contributed by atoms with Crippen molar-refractivity contribution in [3.63, 3.8) is 0 Å². The van der Waals surface area contributed by atoms with E-state index in [1.807, 2.05) is 52.0 Å². The van der Waals surface area contributed by atoms with Gasteiger partial charge in [0.05, 0.1) is 23.9 Å². The van der Waals surface area contributed by atoms with Crippen LogP contribution in [-0.2, 0) is 9.47 Å². The number of Topliss-reactive ketones (excluding diaryl/α,β-unsaturated/α-hetero) is 1. The van der Waals surface area contributed by atoms with Crippen molar-refractivity contribution in [3.8, 4) is 5.75 Å². The van der Waals surface area contributed by atoms with Crippen LogP contribution in [0.1, 0.15) is 88.6 Å². The molecule has 4 heteroatoms. The third kappa shape index (κ3) is 7.41. The zero-order valence-corrected chi connectivity index (χ0v) is 22.3. The Labute approximate surface area is 212 Å². The number of carbonyl (C=O) groups is 1. The van der Waals surface area contributed by atoms with E-state index in [-0.39, 0.29) is 29.7 Å². The lowest BCUT2D eigenvalue weighted by Gasteiger charge is -2.48. The number of ether oxygens (including phenoxy) is 3. The van der Waals surface area contributed by atoms with Crippen LogP contribution in [0.25, 0.3) is 0 Å². The second-order valence-electron chi connectivity index (χ2n) is 10.4. The lowest BCUT2D eigenvalue weighted by atomic mass is 9.72. The molecule has 1 spiro atoms. The third-order valence-electron chi connectivity index (χ3n) is 7.26. The van der Waals surface area contributed by atoms with Crippen LogP contribution in [0.15, 0.2) is 54.7 Å². The average molecular weight is 481 g/mol. The maximum Gasteiger partial charge on any atom is 0.163 e. The van der Waals surface area contributed by atoms with Crippen LogP contribution in [-0.4, -0.2) is 36.3 Å². The molecule has 1 saturated carbocycles. The van der Waals surface area contributed by atoms with E-state index in [1.165, 1.54) is 0 Å². The minimum absolute atomic E-state index is 0.0160. The molecule has 1 aromatic rings. The van der Waals surface area contributed by atoms with Crippen molar-refractivity contribution in [2.24, 2.45) is 5.92 Å². The quantitative estimate of drug-likeness (QED) is 0.256. The average Bonchev–Trinajstić information content (AvgIpc) is 2.81. The van der Waals surface area contributed by atoms with E-state index < -0.39 is 0 Å². The van der Waals surface area contributed by atoms with Gasteiger partial charge >= 0.3 is 0 Å². The lowest BCUT2D eigenvalue weighted by Crippen LogP contribution is -2.49. The second-order valence-corrected chi connectivity index (χ2v) is 10.4. The number of carbonyl (C=O) groups excluding carboxylic acids is 1. The van der Waals surface area contributed by atoms with Crippen molar-refractivity contribution in [2.75, 3.05) is 6.61 Å². The molecule has 1 saturated heterocycles. The van der Waals surface area contributed by atoms with Crippen LogP contribution < -0.4 is 4.74 Å². The summed E-state index contributed by atoms with van der Waals surface area (Å²) in [6.45, 7) is 14.7. The first kappa shape index (κ1) is 27.4. The maximum absolute atomic E-state index is 13.1. The highest BCUT2D eigenvalue weighted by molar-refractivity contribution is 5.96. The SMILES string of the molecule is C=CC=C(C=CC)C1CC(OCC)CC2(CCC(CC(=O)c3ccc(OC(C)C)c(C)c3)CC2)O1. The fourth-order valence-corrected chi connectivity index (χ4v) is 5.62. The Hall–Kier alpha value is -2.17. The molecule has 1 aromatic carbocycles. The summed E-state index contributed by atoms with van der Waals surface area (Å²) in [5.41, 5.74) is 2.79. The minimum atomic E-state index is -0.170. The minimum Gasteiger partial charge on any atom is -0.491 e. The first-order valence-corrected chi connectivity index (χ1v) is 13.3. The molecule has 2 atom stereocenters. The fourth-order valence-electron chi connectivity index (χ4n) is 5.62. The van der Waals surface area contributed by atoms with E-state index in [4.69, 9.17) is 14.2 Å². The van der Waals surface area contributed by atoms with Crippen LogP contribution in [0.4, 0.5) is 0 Å². The summed E-state index contributed by atoms with van der Waals surface area (Å²) in [4.78, 5) is 13.1. The predicted octanol–water partition coefficient (Wildman–Crippen LogP) is 7.56. The van der Waals surface area contributed by atoms with Gasteiger partial charge in [-0.2, -0.15) is 0 Å². The van der Waals surface area contributed by atoms with E-state index in [2.05, 4.69) is 31.7 Å². The summed E-state index contributed by atoms with van der Waals surface area (Å²) in [6.07, 6.45) is 14.8. The zero-order valence-electron chi connectivity index (χ0n) is 22.3. The molecule has 2 fully saturated rings. The van der Waals surface area contributed by atoms with Gasteiger partial charge in [-0.3, -0.25) is 4.79 Å². The monoisotopic (exact) mass is 480 g/mol. The standard InChI is InChI=1S/C31H44O4/c1-7-10-25(11-8-2)30-20-27(33-9-3)21-31(35-30)16-14-24(15-17-31)19-28(32)26-12-13-29(23(6)18-26)34-22(4)5/h7-8,10-13,18,22,24,27,30H,1,9,14-17,19-21H2,2-6H3. The summed E-state index contributed by atoms with van der Waals surface area (Å²) in [7, 11) is 0. The number of hydrogen-bond acceptors (Lipinski definition) is 4. The smallest absolute Gasteiger partial charge is 0.163 e. The summed E-state index contributed by atoms with van der Waals surface area (Å²) >= 11 is 0. The van der Waals surface area contributed by atoms with Crippen molar-refractivity contribution in [2.45, 2.75) is 103 Å². The lowest BCUT2D eigenvalue weighted by molar-refractivity contribution is -0.177. The highest BCUT2D eigenvalue weighted by atomic mass is 16.5. The van der Waals surface area contributed by atoms with E-state index >= 15 is 0 Å². The van der Waals surface area contributed by atoms with Gasteiger partial charge in [-0.25, -0.2) is 0 Å². The Morgan fingerprint density at radius 3 is 2.63 bits per heavy atom. The van der Waals surface area contributed by atoms with Gasteiger partial charge in [-0.1, -0.05) is 30.9 Å². The van der Waals surface area contributed by atoms with Crippen LogP contribution in [0.3, 0.4) is 0 Å². The molecular weight excluding hydrogens is 436 g/mol. The van der Waals surface area contributed by atoms with E-state index in [1.54, 1.807) is 0 Å². The molecule has 1 aliphatic heterocycles. The first-order chi connectivity index (χ1) is 16.8. The van der Waals surface area contributed by atoms with Crippen molar-refractivity contribution >= 4 is 5.78 Å². The Bertz CT molecular complexity index is 918. The summed E-state index contributed by atoms with van der Waals surface area (Å²) in [5.74, 6) is 1.48. The Balaban J connectivity index is 1.64. The van der Waals surface area contributed by atoms with Gasteiger partial charge in [0.2, 0.25) is 0 Å². The Morgan fingerprint density at radius 2 is 2.03 bits per heavy atom. The van der Waals surface area contributed by atoms with Gasteiger partial charge in [0.25, 0.3) is 0 Å². The first-order valence-electron chi connectivity index (χ1n) is 13.3. The molecule has 2 unspecified atom stereocenters. The van der Waals surface area contributed by atoms with Crippen molar-refractivity contribution in [3.05, 3.63) is 65.8 Å². The molecule has 35 heavy (non-hydrogen) atoms. The highest BCUT2D eigenvalue weighted by Crippen LogP contribution is 2.45. The van der Waals surface area contributed by atoms with Crippen LogP contribution in [0.2, 0.25) is 0 Å². The van der Waals surface area contributed by atoms with E-state index in [9.17, 15) is 4.79 Å². The van der Waals surface area contributed by atoms with Gasteiger partial charge < -0.3 is 14.2 Å². The molecule has 0 N–H and O–H groups in total. The Kier molecular flexibility index (Phi) is 9.94. The number of rotatable bonds is 10. The van der Waals surface area contributed by atoms with Gasteiger partial charge in [0.1, 0.15) is 5.75 Å². The second kappa shape index (κ2) is 12.7. The highest BCUT2D eigenvalue weighted by Gasteiger charge is 2.45. The molecule has 4 nitrogen and oxygen atoms in total. The molecule has 192 valence electrons. The molecule has 0 bridgehead atoms. The van der Waals surface area contributed by atoms with Crippen LogP contribution >= 0.6 is 0 Å². The number of hydrogen-bond donors (Lipinski definition) is 0. The third-order valence-corrected chi connectivity index (χ3v) is 7.26. The van der Waals surface area contributed by atoms with Crippen LogP contribution in [0.5, 0.6) is 5.75 Å². The Morgan fingerprint density at radius 1 is 1.29 bits per heavy atom. The van der Waals surface area contributed by atoms with Gasteiger partial charge in [-0.15, -0.1) is 0 Å². The molecule has 1 aliphatic carbocycles. The van der Waals surface area contributed by atoms with Gasteiger partial charge in [0, 0.05) is 31.4 Å². The largest absolute Gasteiger partial charge is 0.491 e. The number of benzene rings is 1. The predicted molar refractivity (Wildman–Crippen MR) is 143 cm³/mol. The number of aryl methyl sites for hydroxylation is 1. The molecule has 3 rings (SSSR count). The number of allylic oxidation sites excluding steroid dienone is 3. The van der Waals surface area contributed by atoms with Crippen molar-refractivity contribution in [1.29, 1.82) is 0 Å². The summed E-state index contributed by atoms with van der Waals surface area (Å²) in [5, 5.41) is 0. The van der Waals surface area contributed by atoms with E-state index in [0.29, 0.717) is 12.3 Å². The van der Waals surface area contributed by atoms with Crippen molar-refractivity contribution in [1.82, 2.24) is 0 Å². The molecular formula is C31H44O4. The fraction of sp³-hybridized carbons (Fsp3) is 0.581. The summed E-state index contributed by atoms with van der Waals surface area (Å²) < 4.78 is 18.8. The maximum atomic E-state index is 13.1.